The van der Waals surface area contributed by atoms with Gasteiger partial charge < -0.3 is 10.2 Å². The van der Waals surface area contributed by atoms with E-state index >= 15 is 0 Å². The summed E-state index contributed by atoms with van der Waals surface area (Å²) in [5.41, 5.74) is 4.12. The lowest BCUT2D eigenvalue weighted by atomic mass is 9.99. The van der Waals surface area contributed by atoms with Gasteiger partial charge in [0.1, 0.15) is 0 Å². The Balaban J connectivity index is 1.56. The van der Waals surface area contributed by atoms with Crippen LogP contribution in [0.3, 0.4) is 0 Å². The van der Waals surface area contributed by atoms with Gasteiger partial charge in [-0.15, -0.1) is 0 Å². The van der Waals surface area contributed by atoms with Crippen molar-refractivity contribution in [1.82, 2.24) is 0 Å². The normalized spacial score (nSPS) is 12.6. The zero-order chi connectivity index (χ0) is 20.2. The number of carbonyl (C=O) groups excluding carboxylic acids is 2. The topological polar surface area (TPSA) is 73.2 Å². The SMILES string of the molecule is N#Cc1cccc(C(=O)Nc2ccc3c(c2)CCCN3C(=O)c2ccccc2)c1. The van der Waals surface area contributed by atoms with Crippen LogP contribution in [0.4, 0.5) is 11.4 Å². The van der Waals surface area contributed by atoms with E-state index in [0.717, 1.165) is 24.1 Å². The lowest BCUT2D eigenvalue weighted by molar-refractivity contribution is 0.0983. The lowest BCUT2D eigenvalue weighted by Gasteiger charge is -2.30. The molecule has 3 aromatic carbocycles. The second-order valence-corrected chi connectivity index (χ2v) is 6.92. The maximum Gasteiger partial charge on any atom is 0.258 e. The molecule has 0 fully saturated rings. The molecule has 5 nitrogen and oxygen atoms in total. The second-order valence-electron chi connectivity index (χ2n) is 6.92. The highest BCUT2D eigenvalue weighted by molar-refractivity contribution is 6.07. The summed E-state index contributed by atoms with van der Waals surface area (Å²) in [5, 5.41) is 11.9. The van der Waals surface area contributed by atoms with E-state index in [2.05, 4.69) is 5.32 Å². The van der Waals surface area contributed by atoms with Crippen LogP contribution in [0, 0.1) is 11.3 Å². The van der Waals surface area contributed by atoms with Crippen molar-refractivity contribution in [3.8, 4) is 6.07 Å². The molecule has 5 heteroatoms. The third-order valence-corrected chi connectivity index (χ3v) is 4.98. The number of hydrogen-bond donors (Lipinski definition) is 1. The highest BCUT2D eigenvalue weighted by atomic mass is 16.2. The summed E-state index contributed by atoms with van der Waals surface area (Å²) < 4.78 is 0. The summed E-state index contributed by atoms with van der Waals surface area (Å²) in [6.07, 6.45) is 1.72. The van der Waals surface area contributed by atoms with Gasteiger partial charge in [-0.1, -0.05) is 24.3 Å². The standard InChI is InChI=1S/C24H19N3O2/c25-16-17-6-4-9-20(14-17)23(28)26-21-11-12-22-19(15-21)10-5-13-27(22)24(29)18-7-2-1-3-8-18/h1-4,6-9,11-12,14-15H,5,10,13H2,(H,26,28). The van der Waals surface area contributed by atoms with Crippen LogP contribution >= 0.6 is 0 Å². The number of carbonyl (C=O) groups is 2. The molecular weight excluding hydrogens is 362 g/mol. The van der Waals surface area contributed by atoms with Crippen molar-refractivity contribution in [2.75, 3.05) is 16.8 Å². The van der Waals surface area contributed by atoms with Crippen molar-refractivity contribution >= 4 is 23.2 Å². The maximum atomic E-state index is 12.9. The Labute approximate surface area is 169 Å². The average Bonchev–Trinajstić information content (AvgIpc) is 2.78. The number of aryl methyl sites for hydroxylation is 1. The van der Waals surface area contributed by atoms with Crippen molar-refractivity contribution in [1.29, 1.82) is 5.26 Å². The lowest BCUT2D eigenvalue weighted by Crippen LogP contribution is -2.35. The zero-order valence-electron chi connectivity index (χ0n) is 15.8. The van der Waals surface area contributed by atoms with Gasteiger partial charge in [-0.25, -0.2) is 0 Å². The highest BCUT2D eigenvalue weighted by Gasteiger charge is 2.24. The van der Waals surface area contributed by atoms with Crippen LogP contribution in [-0.4, -0.2) is 18.4 Å². The minimum absolute atomic E-state index is 0.0170. The third kappa shape index (κ3) is 3.87. The monoisotopic (exact) mass is 381 g/mol. The molecule has 1 aliphatic rings. The van der Waals surface area contributed by atoms with Crippen LogP contribution in [0.2, 0.25) is 0 Å². The molecule has 4 rings (SSSR count). The minimum Gasteiger partial charge on any atom is -0.322 e. The van der Waals surface area contributed by atoms with Crippen LogP contribution in [0.5, 0.6) is 0 Å². The van der Waals surface area contributed by atoms with Gasteiger partial charge in [0, 0.05) is 29.0 Å². The van der Waals surface area contributed by atoms with E-state index in [1.54, 1.807) is 29.2 Å². The van der Waals surface area contributed by atoms with Gasteiger partial charge in [-0.05, 0) is 66.9 Å². The molecule has 0 unspecified atom stereocenters. The van der Waals surface area contributed by atoms with Crippen molar-refractivity contribution < 1.29 is 9.59 Å². The van der Waals surface area contributed by atoms with Crippen LogP contribution in [0.15, 0.2) is 72.8 Å². The van der Waals surface area contributed by atoms with E-state index in [1.807, 2.05) is 54.6 Å². The number of amides is 2. The van der Waals surface area contributed by atoms with Gasteiger partial charge in [0.15, 0.2) is 0 Å². The number of benzene rings is 3. The van der Waals surface area contributed by atoms with Crippen LogP contribution in [0.25, 0.3) is 0 Å². The first-order valence-corrected chi connectivity index (χ1v) is 9.47. The van der Waals surface area contributed by atoms with Crippen molar-refractivity contribution in [2.45, 2.75) is 12.8 Å². The van der Waals surface area contributed by atoms with E-state index in [-0.39, 0.29) is 11.8 Å². The fourth-order valence-corrected chi connectivity index (χ4v) is 3.56. The highest BCUT2D eigenvalue weighted by Crippen LogP contribution is 2.31. The van der Waals surface area contributed by atoms with E-state index in [1.165, 1.54) is 0 Å². The maximum absolute atomic E-state index is 12.9. The fourth-order valence-electron chi connectivity index (χ4n) is 3.56. The number of nitrogens with zero attached hydrogens (tertiary/aromatic N) is 2. The Morgan fingerprint density at radius 1 is 0.931 bits per heavy atom. The number of rotatable bonds is 3. The molecule has 1 N–H and O–H groups in total. The fraction of sp³-hybridized carbons (Fsp3) is 0.125. The molecule has 1 heterocycles. The first-order chi connectivity index (χ1) is 14.2. The first-order valence-electron chi connectivity index (χ1n) is 9.47. The summed E-state index contributed by atoms with van der Waals surface area (Å²) >= 11 is 0. The first kappa shape index (κ1) is 18.5. The van der Waals surface area contributed by atoms with Crippen LogP contribution in [-0.2, 0) is 6.42 Å². The molecule has 0 atom stereocenters. The van der Waals surface area contributed by atoms with Gasteiger partial charge in [-0.2, -0.15) is 5.26 Å². The molecule has 0 saturated heterocycles. The average molecular weight is 381 g/mol. The van der Waals surface area contributed by atoms with Gasteiger partial charge in [0.2, 0.25) is 0 Å². The number of nitrogens with one attached hydrogen (secondary N) is 1. The second kappa shape index (κ2) is 7.99. The molecule has 3 aromatic rings. The molecule has 0 bridgehead atoms. The number of fused-ring (bicyclic) bond motifs is 1. The Morgan fingerprint density at radius 2 is 1.72 bits per heavy atom. The van der Waals surface area contributed by atoms with Crippen molar-refractivity contribution in [2.24, 2.45) is 0 Å². The third-order valence-electron chi connectivity index (χ3n) is 4.98. The minimum atomic E-state index is -0.268. The largest absolute Gasteiger partial charge is 0.322 e. The summed E-state index contributed by atoms with van der Waals surface area (Å²) in [7, 11) is 0. The molecule has 29 heavy (non-hydrogen) atoms. The predicted octanol–water partition coefficient (Wildman–Crippen LogP) is 4.40. The molecule has 0 saturated carbocycles. The molecule has 0 spiro atoms. The number of nitriles is 1. The smallest absolute Gasteiger partial charge is 0.258 e. The predicted molar refractivity (Wildman–Crippen MR) is 112 cm³/mol. The van der Waals surface area contributed by atoms with E-state index in [4.69, 9.17) is 5.26 Å². The van der Waals surface area contributed by atoms with Crippen LogP contribution < -0.4 is 10.2 Å². The molecule has 0 aromatic heterocycles. The van der Waals surface area contributed by atoms with Crippen molar-refractivity contribution in [3.63, 3.8) is 0 Å². The van der Waals surface area contributed by atoms with Gasteiger partial charge >= 0.3 is 0 Å². The number of anilines is 2. The quantitative estimate of drug-likeness (QED) is 0.731. The zero-order valence-corrected chi connectivity index (χ0v) is 15.8. The molecule has 0 aliphatic carbocycles. The van der Waals surface area contributed by atoms with Gasteiger partial charge in [0.05, 0.1) is 11.6 Å². The summed E-state index contributed by atoms with van der Waals surface area (Å²) in [4.78, 5) is 27.2. The molecule has 2 amide bonds. The van der Waals surface area contributed by atoms with E-state index in [9.17, 15) is 9.59 Å². The Hall–Kier alpha value is -3.91. The number of hydrogen-bond acceptors (Lipinski definition) is 3. The molecular formula is C24H19N3O2. The van der Waals surface area contributed by atoms with Crippen molar-refractivity contribution in [3.05, 3.63) is 95.1 Å². The summed E-state index contributed by atoms with van der Waals surface area (Å²) in [6.45, 7) is 0.674. The Kier molecular flexibility index (Phi) is 5.08. The molecule has 0 radical (unpaired) electrons. The van der Waals surface area contributed by atoms with E-state index < -0.39 is 0 Å². The van der Waals surface area contributed by atoms with Gasteiger partial charge in [0.25, 0.3) is 11.8 Å². The molecule has 1 aliphatic heterocycles. The summed E-state index contributed by atoms with van der Waals surface area (Å²) in [5.74, 6) is -0.285. The summed E-state index contributed by atoms with van der Waals surface area (Å²) in [6, 6.07) is 23.5. The van der Waals surface area contributed by atoms with Gasteiger partial charge in [-0.3, -0.25) is 9.59 Å². The molecule has 142 valence electrons. The Bertz CT molecular complexity index is 1120. The van der Waals surface area contributed by atoms with Crippen LogP contribution in [0.1, 0.15) is 38.3 Å². The van der Waals surface area contributed by atoms with E-state index in [0.29, 0.717) is 28.9 Å². The Morgan fingerprint density at radius 3 is 2.52 bits per heavy atom.